The van der Waals surface area contributed by atoms with E-state index < -0.39 is 12.1 Å². The Labute approximate surface area is 101 Å². The van der Waals surface area contributed by atoms with Crippen molar-refractivity contribution >= 4 is 11.9 Å². The van der Waals surface area contributed by atoms with E-state index in [4.69, 9.17) is 0 Å². The zero-order valence-electron chi connectivity index (χ0n) is 10.4. The molecule has 2 atom stereocenters. The Morgan fingerprint density at radius 3 is 2.76 bits per heavy atom. The summed E-state index contributed by atoms with van der Waals surface area (Å²) in [6, 6.07) is -0.486. The molecule has 98 valence electrons. The standard InChI is InChI=1S/C11H21N3O3/c1-8(15)9-5-3-4-6-14(9)7-10(16)13-11(17)12-2/h8-9,15H,3-7H2,1-2H3,(H2,12,13,16,17). The number of aliphatic hydroxyl groups is 1. The number of carbonyl (C=O) groups excluding carboxylic acids is 2. The molecule has 0 radical (unpaired) electrons. The molecule has 0 aromatic rings. The minimum absolute atomic E-state index is 0.0131. The van der Waals surface area contributed by atoms with E-state index in [2.05, 4.69) is 10.6 Å². The Morgan fingerprint density at radius 2 is 2.18 bits per heavy atom. The van der Waals surface area contributed by atoms with Gasteiger partial charge in [-0.25, -0.2) is 4.79 Å². The van der Waals surface area contributed by atoms with Crippen LogP contribution in [0.2, 0.25) is 0 Å². The second kappa shape index (κ2) is 6.56. The Kier molecular flexibility index (Phi) is 5.37. The smallest absolute Gasteiger partial charge is 0.321 e. The van der Waals surface area contributed by atoms with Gasteiger partial charge in [-0.15, -0.1) is 0 Å². The number of hydrogen-bond acceptors (Lipinski definition) is 4. The lowest BCUT2D eigenvalue weighted by Crippen LogP contribution is -2.51. The second-order valence-corrected chi connectivity index (χ2v) is 4.40. The van der Waals surface area contributed by atoms with Gasteiger partial charge >= 0.3 is 6.03 Å². The average Bonchev–Trinajstić information content (AvgIpc) is 2.29. The van der Waals surface area contributed by atoms with E-state index in [9.17, 15) is 14.7 Å². The highest BCUT2D eigenvalue weighted by molar-refractivity contribution is 5.95. The Bertz CT molecular complexity index is 281. The molecule has 0 aromatic heterocycles. The first-order valence-electron chi connectivity index (χ1n) is 5.98. The number of nitrogens with zero attached hydrogens (tertiary/aromatic N) is 1. The van der Waals surface area contributed by atoms with E-state index in [1.807, 2.05) is 4.90 Å². The molecular formula is C11H21N3O3. The van der Waals surface area contributed by atoms with Crippen LogP contribution in [0, 0.1) is 0 Å². The van der Waals surface area contributed by atoms with Gasteiger partial charge in [-0.05, 0) is 26.3 Å². The zero-order valence-corrected chi connectivity index (χ0v) is 10.4. The van der Waals surface area contributed by atoms with Crippen molar-refractivity contribution in [2.45, 2.75) is 38.3 Å². The molecule has 0 aromatic carbocycles. The predicted octanol–water partition coefficient (Wildman–Crippen LogP) is -0.323. The summed E-state index contributed by atoms with van der Waals surface area (Å²) in [7, 11) is 1.46. The fraction of sp³-hybridized carbons (Fsp3) is 0.818. The number of aliphatic hydroxyl groups excluding tert-OH is 1. The van der Waals surface area contributed by atoms with Gasteiger partial charge in [0, 0.05) is 13.1 Å². The first-order chi connectivity index (χ1) is 8.04. The number of urea groups is 1. The molecule has 2 unspecified atom stereocenters. The van der Waals surface area contributed by atoms with E-state index >= 15 is 0 Å². The first kappa shape index (κ1) is 13.9. The van der Waals surface area contributed by atoms with Crippen LogP contribution in [0.3, 0.4) is 0 Å². The highest BCUT2D eigenvalue weighted by atomic mass is 16.3. The maximum Gasteiger partial charge on any atom is 0.321 e. The van der Waals surface area contributed by atoms with E-state index in [1.165, 1.54) is 7.05 Å². The molecule has 0 aliphatic carbocycles. The van der Waals surface area contributed by atoms with Crippen molar-refractivity contribution in [3.05, 3.63) is 0 Å². The minimum atomic E-state index is -0.499. The largest absolute Gasteiger partial charge is 0.392 e. The summed E-state index contributed by atoms with van der Waals surface area (Å²) < 4.78 is 0. The van der Waals surface area contributed by atoms with Crippen molar-refractivity contribution in [2.24, 2.45) is 0 Å². The lowest BCUT2D eigenvalue weighted by molar-refractivity contribution is -0.122. The molecule has 1 aliphatic heterocycles. The third-order valence-corrected chi connectivity index (χ3v) is 3.05. The van der Waals surface area contributed by atoms with Crippen LogP contribution >= 0.6 is 0 Å². The fourth-order valence-corrected chi connectivity index (χ4v) is 2.17. The summed E-state index contributed by atoms with van der Waals surface area (Å²) in [6.45, 7) is 2.68. The number of likely N-dealkylation sites (tertiary alicyclic amines) is 1. The van der Waals surface area contributed by atoms with Crippen LogP contribution in [-0.2, 0) is 4.79 Å². The maximum atomic E-state index is 11.6. The quantitative estimate of drug-likeness (QED) is 0.634. The molecule has 1 rings (SSSR count). The number of hydrogen-bond donors (Lipinski definition) is 3. The molecular weight excluding hydrogens is 222 g/mol. The van der Waals surface area contributed by atoms with E-state index in [0.717, 1.165) is 25.8 Å². The van der Waals surface area contributed by atoms with Gasteiger partial charge in [-0.1, -0.05) is 6.42 Å². The molecule has 1 fully saturated rings. The number of piperidine rings is 1. The number of rotatable bonds is 3. The molecule has 17 heavy (non-hydrogen) atoms. The van der Waals surface area contributed by atoms with Crippen LogP contribution in [0.1, 0.15) is 26.2 Å². The topological polar surface area (TPSA) is 81.7 Å². The van der Waals surface area contributed by atoms with Crippen LogP contribution in [0.5, 0.6) is 0 Å². The normalized spacial score (nSPS) is 22.9. The lowest BCUT2D eigenvalue weighted by Gasteiger charge is -2.36. The van der Waals surface area contributed by atoms with Crippen LogP contribution in [-0.4, -0.2) is 54.2 Å². The summed E-state index contributed by atoms with van der Waals surface area (Å²) in [5.74, 6) is -0.336. The van der Waals surface area contributed by atoms with Crippen LogP contribution in [0.4, 0.5) is 4.79 Å². The van der Waals surface area contributed by atoms with Crippen molar-refractivity contribution in [1.82, 2.24) is 15.5 Å². The van der Waals surface area contributed by atoms with E-state index in [0.29, 0.717) is 0 Å². The Balaban J connectivity index is 2.47. The fourth-order valence-electron chi connectivity index (χ4n) is 2.17. The van der Waals surface area contributed by atoms with Gasteiger partial charge in [0.25, 0.3) is 0 Å². The molecule has 0 saturated carbocycles. The summed E-state index contributed by atoms with van der Waals surface area (Å²) in [4.78, 5) is 24.5. The van der Waals surface area contributed by atoms with Gasteiger partial charge in [0.15, 0.2) is 0 Å². The SMILES string of the molecule is CNC(=O)NC(=O)CN1CCCCC1C(C)O. The summed E-state index contributed by atoms with van der Waals surface area (Å²) >= 11 is 0. The molecule has 6 nitrogen and oxygen atoms in total. The number of amides is 3. The maximum absolute atomic E-state index is 11.6. The van der Waals surface area contributed by atoms with Gasteiger partial charge in [0.1, 0.15) is 0 Å². The number of carbonyl (C=O) groups is 2. The third kappa shape index (κ3) is 4.32. The molecule has 3 amide bonds. The summed E-state index contributed by atoms with van der Waals surface area (Å²) in [5, 5.41) is 14.2. The van der Waals surface area contributed by atoms with Crippen molar-refractivity contribution < 1.29 is 14.7 Å². The highest BCUT2D eigenvalue weighted by Gasteiger charge is 2.27. The van der Waals surface area contributed by atoms with Gasteiger partial charge in [-0.3, -0.25) is 15.0 Å². The van der Waals surface area contributed by atoms with Gasteiger partial charge in [-0.2, -0.15) is 0 Å². The summed E-state index contributed by atoms with van der Waals surface area (Å²) in [6.07, 6.45) is 2.54. The predicted molar refractivity (Wildman–Crippen MR) is 63.5 cm³/mol. The monoisotopic (exact) mass is 243 g/mol. The number of nitrogens with one attached hydrogen (secondary N) is 2. The van der Waals surface area contributed by atoms with Gasteiger partial charge < -0.3 is 10.4 Å². The van der Waals surface area contributed by atoms with E-state index in [1.54, 1.807) is 6.92 Å². The molecule has 6 heteroatoms. The van der Waals surface area contributed by atoms with Crippen LogP contribution < -0.4 is 10.6 Å². The third-order valence-electron chi connectivity index (χ3n) is 3.05. The van der Waals surface area contributed by atoms with Crippen molar-refractivity contribution in [2.75, 3.05) is 20.1 Å². The molecule has 0 bridgehead atoms. The Morgan fingerprint density at radius 1 is 1.47 bits per heavy atom. The van der Waals surface area contributed by atoms with Crippen LogP contribution in [0.25, 0.3) is 0 Å². The molecule has 1 saturated heterocycles. The first-order valence-corrected chi connectivity index (χ1v) is 5.98. The zero-order chi connectivity index (χ0) is 12.8. The minimum Gasteiger partial charge on any atom is -0.392 e. The van der Waals surface area contributed by atoms with Crippen molar-refractivity contribution in [3.8, 4) is 0 Å². The molecule has 1 aliphatic rings. The molecule has 3 N–H and O–H groups in total. The van der Waals surface area contributed by atoms with Gasteiger partial charge in [0.05, 0.1) is 12.6 Å². The lowest BCUT2D eigenvalue weighted by atomic mass is 9.98. The van der Waals surface area contributed by atoms with E-state index in [-0.39, 0.29) is 18.5 Å². The van der Waals surface area contributed by atoms with Crippen molar-refractivity contribution in [3.63, 3.8) is 0 Å². The average molecular weight is 243 g/mol. The van der Waals surface area contributed by atoms with Gasteiger partial charge in [0.2, 0.25) is 5.91 Å². The van der Waals surface area contributed by atoms with Crippen molar-refractivity contribution in [1.29, 1.82) is 0 Å². The number of imide groups is 1. The Hall–Kier alpha value is -1.14. The second-order valence-electron chi connectivity index (χ2n) is 4.40. The van der Waals surface area contributed by atoms with Crippen LogP contribution in [0.15, 0.2) is 0 Å². The summed E-state index contributed by atoms with van der Waals surface area (Å²) in [5.41, 5.74) is 0. The molecule has 0 spiro atoms. The highest BCUT2D eigenvalue weighted by Crippen LogP contribution is 2.19. The molecule has 1 heterocycles.